The molecular weight excluding hydrogens is 225 g/mol. The fourth-order valence-corrected chi connectivity index (χ4v) is 1.98. The zero-order valence-electron chi connectivity index (χ0n) is 10.3. The fourth-order valence-electron chi connectivity index (χ4n) is 1.98. The van der Waals surface area contributed by atoms with Gasteiger partial charge in [0.2, 0.25) is 0 Å². The van der Waals surface area contributed by atoms with Crippen molar-refractivity contribution < 1.29 is 13.2 Å². The Bertz CT molecular complexity index is 328. The molecule has 0 nitrogen and oxygen atoms in total. The van der Waals surface area contributed by atoms with Crippen LogP contribution in [-0.2, 0) is 0 Å². The highest BCUT2D eigenvalue weighted by molar-refractivity contribution is 5.39. The van der Waals surface area contributed by atoms with Crippen molar-refractivity contribution in [2.75, 3.05) is 0 Å². The van der Waals surface area contributed by atoms with E-state index in [0.717, 1.165) is 19.3 Å². The molecule has 0 aromatic carbocycles. The third kappa shape index (κ3) is 3.76. The van der Waals surface area contributed by atoms with Gasteiger partial charge in [-0.1, -0.05) is 37.6 Å². The van der Waals surface area contributed by atoms with Crippen LogP contribution in [0, 0.1) is 5.92 Å². The van der Waals surface area contributed by atoms with Gasteiger partial charge in [0.05, 0.1) is 5.57 Å². The van der Waals surface area contributed by atoms with Gasteiger partial charge in [0, 0.05) is 0 Å². The van der Waals surface area contributed by atoms with Crippen LogP contribution in [0.2, 0.25) is 0 Å². The molecule has 1 fully saturated rings. The Morgan fingerprint density at radius 2 is 1.94 bits per heavy atom. The summed E-state index contributed by atoms with van der Waals surface area (Å²) in [5.41, 5.74) is 0.0199. The Morgan fingerprint density at radius 1 is 1.29 bits per heavy atom. The van der Waals surface area contributed by atoms with Crippen molar-refractivity contribution in [2.45, 2.75) is 45.7 Å². The quantitative estimate of drug-likeness (QED) is 0.597. The Morgan fingerprint density at radius 3 is 2.29 bits per heavy atom. The lowest BCUT2D eigenvalue weighted by molar-refractivity contribution is -0.0905. The first-order valence-electron chi connectivity index (χ1n) is 6.11. The van der Waals surface area contributed by atoms with Crippen LogP contribution in [-0.4, -0.2) is 6.18 Å². The first-order valence-corrected chi connectivity index (χ1v) is 6.11. The van der Waals surface area contributed by atoms with Gasteiger partial charge in [0.15, 0.2) is 0 Å². The average Bonchev–Trinajstić information content (AvgIpc) is 2.13. The second-order valence-corrected chi connectivity index (χ2v) is 4.30. The van der Waals surface area contributed by atoms with Gasteiger partial charge in [-0.3, -0.25) is 0 Å². The summed E-state index contributed by atoms with van der Waals surface area (Å²) in [5.74, 6) is 0.105. The van der Waals surface area contributed by atoms with Crippen LogP contribution in [0.1, 0.15) is 39.5 Å². The fraction of sp³-hybridized carbons (Fsp3) is 0.571. The Labute approximate surface area is 101 Å². The molecule has 0 spiro atoms. The monoisotopic (exact) mass is 244 g/mol. The van der Waals surface area contributed by atoms with Crippen LogP contribution in [0.25, 0.3) is 0 Å². The third-order valence-electron chi connectivity index (χ3n) is 3.04. The van der Waals surface area contributed by atoms with E-state index in [4.69, 9.17) is 0 Å². The van der Waals surface area contributed by atoms with E-state index in [9.17, 15) is 13.2 Å². The number of hydrogen-bond donors (Lipinski definition) is 0. The molecule has 17 heavy (non-hydrogen) atoms. The maximum absolute atomic E-state index is 13.0. The number of alkyl halides is 3. The lowest BCUT2D eigenvalue weighted by Crippen LogP contribution is -2.22. The molecule has 1 aliphatic carbocycles. The van der Waals surface area contributed by atoms with Gasteiger partial charge in [-0.2, -0.15) is 13.2 Å². The number of hydrogen-bond acceptors (Lipinski definition) is 0. The zero-order chi connectivity index (χ0) is 12.9. The van der Waals surface area contributed by atoms with Crippen molar-refractivity contribution in [1.82, 2.24) is 0 Å². The smallest absolute Gasteiger partial charge is 0.166 e. The zero-order valence-corrected chi connectivity index (χ0v) is 10.3. The first kappa shape index (κ1) is 14.1. The minimum absolute atomic E-state index is 0.105. The predicted molar refractivity (Wildman–Crippen MR) is 64.7 cm³/mol. The van der Waals surface area contributed by atoms with Crippen LogP contribution in [0.5, 0.6) is 0 Å². The first-order chi connectivity index (χ1) is 8.00. The van der Waals surface area contributed by atoms with Crippen molar-refractivity contribution in [3.05, 3.63) is 35.5 Å². The second kappa shape index (κ2) is 6.08. The summed E-state index contributed by atoms with van der Waals surface area (Å²) in [7, 11) is 0. The SMILES string of the molecule is C\C=C/C=C(\C(=C\CC)C1CCC1)C(F)(F)F. The molecule has 0 saturated heterocycles. The standard InChI is InChI=1S/C14H19F3/c1-3-5-10-13(14(15,16)17)12(7-4-2)11-8-6-9-11/h3,5,7,10-11H,4,6,8-9H2,1-2H3/b5-3-,12-7+,13-10+. The van der Waals surface area contributed by atoms with Gasteiger partial charge >= 0.3 is 6.18 Å². The van der Waals surface area contributed by atoms with E-state index in [1.807, 2.05) is 6.92 Å². The highest BCUT2D eigenvalue weighted by Crippen LogP contribution is 2.42. The van der Waals surface area contributed by atoms with Gasteiger partial charge in [0.25, 0.3) is 0 Å². The molecule has 0 N–H and O–H groups in total. The van der Waals surface area contributed by atoms with Crippen LogP contribution in [0.4, 0.5) is 13.2 Å². The lowest BCUT2D eigenvalue weighted by atomic mass is 9.76. The molecule has 1 aliphatic rings. The molecule has 0 radical (unpaired) electrons. The summed E-state index contributed by atoms with van der Waals surface area (Å²) in [4.78, 5) is 0. The summed E-state index contributed by atoms with van der Waals surface area (Å²) in [5, 5.41) is 0. The van der Waals surface area contributed by atoms with E-state index in [2.05, 4.69) is 0 Å². The van der Waals surface area contributed by atoms with Crippen molar-refractivity contribution in [1.29, 1.82) is 0 Å². The highest BCUT2D eigenvalue weighted by Gasteiger charge is 2.38. The predicted octanol–water partition coefficient (Wildman–Crippen LogP) is 5.19. The number of halogens is 3. The van der Waals surface area contributed by atoms with Gasteiger partial charge in [-0.15, -0.1) is 0 Å². The van der Waals surface area contributed by atoms with Crippen LogP contribution in [0.15, 0.2) is 35.5 Å². The summed E-state index contributed by atoms with van der Waals surface area (Å²) in [6.45, 7) is 3.60. The lowest BCUT2D eigenvalue weighted by Gasteiger charge is -2.30. The Balaban J connectivity index is 3.05. The van der Waals surface area contributed by atoms with Gasteiger partial charge in [-0.05, 0) is 37.7 Å². The Hall–Kier alpha value is -0.990. The number of rotatable bonds is 4. The van der Waals surface area contributed by atoms with E-state index in [-0.39, 0.29) is 5.92 Å². The molecule has 0 aromatic rings. The van der Waals surface area contributed by atoms with Crippen molar-refractivity contribution in [3.63, 3.8) is 0 Å². The largest absolute Gasteiger partial charge is 0.416 e. The van der Waals surface area contributed by atoms with Crippen molar-refractivity contribution >= 4 is 0 Å². The van der Waals surface area contributed by atoms with Crippen molar-refractivity contribution in [3.8, 4) is 0 Å². The molecule has 0 bridgehead atoms. The number of allylic oxidation sites excluding steroid dienone is 6. The van der Waals surface area contributed by atoms with Gasteiger partial charge < -0.3 is 0 Å². The Kier molecular flexibility index (Phi) is 5.03. The average molecular weight is 244 g/mol. The molecule has 3 heteroatoms. The molecule has 1 saturated carbocycles. The summed E-state index contributed by atoms with van der Waals surface area (Å²) < 4.78 is 39.0. The van der Waals surface area contributed by atoms with Crippen molar-refractivity contribution in [2.24, 2.45) is 5.92 Å². The molecule has 0 amide bonds. The molecule has 0 unspecified atom stereocenters. The second-order valence-electron chi connectivity index (χ2n) is 4.30. The summed E-state index contributed by atoms with van der Waals surface area (Å²) in [6.07, 6.45) is 5.21. The van der Waals surface area contributed by atoms with Gasteiger partial charge in [-0.25, -0.2) is 0 Å². The van der Waals surface area contributed by atoms with E-state index in [0.29, 0.717) is 12.0 Å². The summed E-state index contributed by atoms with van der Waals surface area (Å²) >= 11 is 0. The minimum atomic E-state index is -4.25. The van der Waals surface area contributed by atoms with E-state index in [1.54, 1.807) is 19.1 Å². The molecule has 0 heterocycles. The normalized spacial score (nSPS) is 19.8. The van der Waals surface area contributed by atoms with Gasteiger partial charge in [0.1, 0.15) is 0 Å². The maximum Gasteiger partial charge on any atom is 0.416 e. The molecule has 0 aromatic heterocycles. The summed E-state index contributed by atoms with van der Waals surface area (Å²) in [6, 6.07) is 0. The van der Waals surface area contributed by atoms with Crippen LogP contribution in [0.3, 0.4) is 0 Å². The molecule has 1 rings (SSSR count). The van der Waals surface area contributed by atoms with E-state index >= 15 is 0 Å². The molecule has 0 atom stereocenters. The highest BCUT2D eigenvalue weighted by atomic mass is 19.4. The third-order valence-corrected chi connectivity index (χ3v) is 3.04. The molecule has 0 aliphatic heterocycles. The maximum atomic E-state index is 13.0. The molecular formula is C14H19F3. The van der Waals surface area contributed by atoms with Crippen LogP contribution < -0.4 is 0 Å². The van der Waals surface area contributed by atoms with E-state index < -0.39 is 11.7 Å². The minimum Gasteiger partial charge on any atom is -0.166 e. The molecule has 96 valence electrons. The topological polar surface area (TPSA) is 0 Å². The van der Waals surface area contributed by atoms with Crippen LogP contribution >= 0.6 is 0 Å². The van der Waals surface area contributed by atoms with E-state index in [1.165, 1.54) is 12.2 Å².